The minimum atomic E-state index is -0.791. The molecule has 0 aromatic carbocycles. The Labute approximate surface area is 149 Å². The molecule has 0 N–H and O–H groups in total. The van der Waals surface area contributed by atoms with E-state index in [0.29, 0.717) is 3.92 Å². The van der Waals surface area contributed by atoms with Gasteiger partial charge in [0.2, 0.25) is 5.79 Å². The van der Waals surface area contributed by atoms with Crippen LogP contribution in [0.3, 0.4) is 0 Å². The van der Waals surface area contributed by atoms with Crippen LogP contribution >= 0.6 is 22.6 Å². The molecule has 0 bridgehead atoms. The van der Waals surface area contributed by atoms with Crippen LogP contribution in [-0.2, 0) is 19.6 Å². The van der Waals surface area contributed by atoms with Crippen LogP contribution in [0.15, 0.2) is 0 Å². The third-order valence-corrected chi connectivity index (χ3v) is 5.48. The van der Waals surface area contributed by atoms with Gasteiger partial charge in [-0.05, 0) is 66.7 Å². The van der Waals surface area contributed by atoms with Gasteiger partial charge in [-0.25, -0.2) is 9.78 Å². The first-order chi connectivity index (χ1) is 9.96. The van der Waals surface area contributed by atoms with Crippen molar-refractivity contribution in [2.45, 2.75) is 101 Å². The fourth-order valence-corrected chi connectivity index (χ4v) is 3.08. The van der Waals surface area contributed by atoms with E-state index in [0.717, 1.165) is 31.6 Å². The van der Waals surface area contributed by atoms with Crippen LogP contribution in [-0.4, -0.2) is 20.9 Å². The summed E-state index contributed by atoms with van der Waals surface area (Å²) in [7, 11) is 0. The third-order valence-electron chi connectivity index (χ3n) is 3.58. The van der Waals surface area contributed by atoms with Crippen molar-refractivity contribution < 1.29 is 19.6 Å². The van der Waals surface area contributed by atoms with E-state index < -0.39 is 5.79 Å². The predicted molar refractivity (Wildman–Crippen MR) is 96.6 cm³/mol. The van der Waals surface area contributed by atoms with E-state index >= 15 is 0 Å². The molecule has 0 amide bonds. The number of alkyl halides is 1. The Kier molecular flexibility index (Phi) is 7.59. The molecule has 1 fully saturated rings. The first kappa shape index (κ1) is 20.6. The highest BCUT2D eigenvalue weighted by molar-refractivity contribution is 14.1. The maximum absolute atomic E-state index is 5.74. The van der Waals surface area contributed by atoms with Crippen molar-refractivity contribution in [2.24, 2.45) is 5.92 Å². The van der Waals surface area contributed by atoms with E-state index in [1.165, 1.54) is 6.42 Å². The van der Waals surface area contributed by atoms with Crippen LogP contribution in [0.1, 0.15) is 80.6 Å². The Morgan fingerprint density at radius 2 is 1.36 bits per heavy atom. The molecule has 5 heteroatoms. The molecule has 1 unspecified atom stereocenters. The molecule has 1 saturated carbocycles. The molecule has 0 heterocycles. The molecule has 22 heavy (non-hydrogen) atoms. The molecule has 1 aliphatic rings. The summed E-state index contributed by atoms with van der Waals surface area (Å²) in [5.41, 5.74) is -0.742. The fourth-order valence-electron chi connectivity index (χ4n) is 2.36. The highest BCUT2D eigenvalue weighted by Gasteiger charge is 2.43. The van der Waals surface area contributed by atoms with Crippen molar-refractivity contribution in [1.82, 2.24) is 0 Å². The second-order valence-corrected chi connectivity index (χ2v) is 9.83. The topological polar surface area (TPSA) is 36.9 Å². The van der Waals surface area contributed by atoms with Gasteiger partial charge < -0.3 is 0 Å². The van der Waals surface area contributed by atoms with Gasteiger partial charge in [-0.3, -0.25) is 0 Å². The van der Waals surface area contributed by atoms with Crippen molar-refractivity contribution in [3.63, 3.8) is 0 Å². The summed E-state index contributed by atoms with van der Waals surface area (Å²) in [6.45, 7) is 14.1. The van der Waals surface area contributed by atoms with Crippen LogP contribution in [0.2, 0.25) is 0 Å². The summed E-state index contributed by atoms with van der Waals surface area (Å²) in [6, 6.07) is 0. The summed E-state index contributed by atoms with van der Waals surface area (Å²) in [5.74, 6) is -0.0727. The molecule has 0 aliphatic heterocycles. The van der Waals surface area contributed by atoms with Crippen LogP contribution < -0.4 is 0 Å². The standard InChI is InChI=1S/C17H33IO4/c1-8-14(18)13-9-11-17(12-10-13,21-19-15(2,3)4)22-20-16(5,6)7/h13-14H,8-12H2,1-7H3. The zero-order valence-corrected chi connectivity index (χ0v) is 17.4. The van der Waals surface area contributed by atoms with E-state index in [1.54, 1.807) is 0 Å². The molecule has 0 spiro atoms. The van der Waals surface area contributed by atoms with Crippen molar-refractivity contribution >= 4 is 22.6 Å². The Morgan fingerprint density at radius 1 is 0.955 bits per heavy atom. The lowest BCUT2D eigenvalue weighted by Gasteiger charge is -2.40. The highest BCUT2D eigenvalue weighted by Crippen LogP contribution is 2.41. The minimum absolute atomic E-state index is 0.371. The molecule has 1 aliphatic carbocycles. The van der Waals surface area contributed by atoms with E-state index in [1.807, 2.05) is 41.5 Å². The lowest BCUT2D eigenvalue weighted by atomic mass is 9.83. The average molecular weight is 428 g/mol. The first-order valence-electron chi connectivity index (χ1n) is 8.34. The van der Waals surface area contributed by atoms with Crippen LogP contribution in [0.4, 0.5) is 0 Å². The van der Waals surface area contributed by atoms with Crippen molar-refractivity contribution in [2.75, 3.05) is 0 Å². The van der Waals surface area contributed by atoms with Gasteiger partial charge in [-0.1, -0.05) is 29.5 Å². The third kappa shape index (κ3) is 7.43. The van der Waals surface area contributed by atoms with Gasteiger partial charge in [0.15, 0.2) is 0 Å². The summed E-state index contributed by atoms with van der Waals surface area (Å²) < 4.78 is 0.711. The molecular formula is C17H33IO4. The van der Waals surface area contributed by atoms with Gasteiger partial charge in [0.05, 0.1) is 11.2 Å². The van der Waals surface area contributed by atoms with E-state index in [2.05, 4.69) is 29.5 Å². The Bertz CT molecular complexity index is 305. The van der Waals surface area contributed by atoms with Crippen molar-refractivity contribution in [3.05, 3.63) is 0 Å². The van der Waals surface area contributed by atoms with Crippen LogP contribution in [0.5, 0.6) is 0 Å². The van der Waals surface area contributed by atoms with Gasteiger partial charge in [0.1, 0.15) is 0 Å². The highest BCUT2D eigenvalue weighted by atomic mass is 127. The number of halogens is 1. The zero-order chi connectivity index (χ0) is 17.0. The average Bonchev–Trinajstić information content (AvgIpc) is 2.42. The SMILES string of the molecule is CCC(I)C1CCC(OOC(C)(C)C)(OOC(C)(C)C)CC1. The van der Waals surface area contributed by atoms with Gasteiger partial charge in [0, 0.05) is 16.8 Å². The Morgan fingerprint density at radius 3 is 1.68 bits per heavy atom. The van der Waals surface area contributed by atoms with E-state index in [-0.39, 0.29) is 11.2 Å². The summed E-state index contributed by atoms with van der Waals surface area (Å²) in [5, 5.41) is 0. The number of rotatable bonds is 6. The molecule has 4 nitrogen and oxygen atoms in total. The van der Waals surface area contributed by atoms with E-state index in [9.17, 15) is 0 Å². The van der Waals surface area contributed by atoms with Gasteiger partial charge in [0.25, 0.3) is 0 Å². The molecule has 0 saturated heterocycles. The molecule has 0 aromatic heterocycles. The second-order valence-electron chi connectivity index (χ2n) is 8.23. The number of hydrogen-bond acceptors (Lipinski definition) is 4. The second kappa shape index (κ2) is 8.10. The fraction of sp³-hybridized carbons (Fsp3) is 1.00. The van der Waals surface area contributed by atoms with Crippen molar-refractivity contribution in [3.8, 4) is 0 Å². The zero-order valence-electron chi connectivity index (χ0n) is 15.2. The Balaban J connectivity index is 2.68. The van der Waals surface area contributed by atoms with Crippen molar-refractivity contribution in [1.29, 1.82) is 0 Å². The first-order valence-corrected chi connectivity index (χ1v) is 9.59. The lowest BCUT2D eigenvalue weighted by molar-refractivity contribution is -0.546. The molecule has 132 valence electrons. The molecule has 0 radical (unpaired) electrons. The van der Waals surface area contributed by atoms with E-state index in [4.69, 9.17) is 19.6 Å². The van der Waals surface area contributed by atoms with Crippen LogP contribution in [0.25, 0.3) is 0 Å². The molecular weight excluding hydrogens is 395 g/mol. The lowest BCUT2D eigenvalue weighted by Crippen LogP contribution is -2.44. The Hall–Kier alpha value is 0.570. The van der Waals surface area contributed by atoms with Crippen LogP contribution in [0, 0.1) is 5.92 Å². The molecule has 1 rings (SSSR count). The quantitative estimate of drug-likeness (QED) is 0.182. The summed E-state index contributed by atoms with van der Waals surface area (Å²) in [6.07, 6.45) is 4.94. The van der Waals surface area contributed by atoms with Gasteiger partial charge in [-0.2, -0.15) is 9.78 Å². The largest absolute Gasteiger partial charge is 0.234 e. The predicted octanol–water partition coefficient (Wildman–Crippen LogP) is 5.58. The molecule has 1 atom stereocenters. The maximum atomic E-state index is 5.74. The summed E-state index contributed by atoms with van der Waals surface area (Å²) in [4.78, 5) is 22.6. The smallest absolute Gasteiger partial charge is 0.228 e. The number of hydrogen-bond donors (Lipinski definition) is 0. The minimum Gasteiger partial charge on any atom is -0.228 e. The monoisotopic (exact) mass is 428 g/mol. The normalized spacial score (nSPS) is 21.8. The maximum Gasteiger partial charge on any atom is 0.234 e. The van der Waals surface area contributed by atoms with Gasteiger partial charge >= 0.3 is 0 Å². The van der Waals surface area contributed by atoms with Gasteiger partial charge in [-0.15, -0.1) is 0 Å². The molecule has 0 aromatic rings. The summed E-state index contributed by atoms with van der Waals surface area (Å²) >= 11 is 2.56.